The van der Waals surface area contributed by atoms with E-state index in [9.17, 15) is 13.2 Å². The van der Waals surface area contributed by atoms with Crippen LogP contribution in [0, 0.1) is 5.92 Å². The number of hydrogen-bond donors (Lipinski definition) is 0. The zero-order valence-electron chi connectivity index (χ0n) is 8.78. The van der Waals surface area contributed by atoms with E-state index in [2.05, 4.69) is 0 Å². The van der Waals surface area contributed by atoms with Crippen molar-refractivity contribution in [3.05, 3.63) is 0 Å². The van der Waals surface area contributed by atoms with E-state index in [1.54, 1.807) is 0 Å². The lowest BCUT2D eigenvalue weighted by atomic mass is 10.1. The van der Waals surface area contributed by atoms with Gasteiger partial charge in [0.2, 0.25) is 15.9 Å². The summed E-state index contributed by atoms with van der Waals surface area (Å²) in [5, 5.41) is 0. The Hall–Kier alpha value is -0.290. The van der Waals surface area contributed by atoms with E-state index in [4.69, 9.17) is 11.6 Å². The van der Waals surface area contributed by atoms with Crippen LogP contribution in [0.4, 0.5) is 0 Å². The minimum Gasteiger partial charge on any atom is -0.274 e. The summed E-state index contributed by atoms with van der Waals surface area (Å²) < 4.78 is 24.4. The normalized spacial score (nSPS) is 22.4. The van der Waals surface area contributed by atoms with Crippen molar-refractivity contribution in [2.75, 3.05) is 18.2 Å². The van der Waals surface area contributed by atoms with E-state index in [0.717, 1.165) is 10.7 Å². The Balaban J connectivity index is 2.67. The molecule has 1 atom stereocenters. The van der Waals surface area contributed by atoms with Crippen molar-refractivity contribution in [3.8, 4) is 0 Å². The quantitative estimate of drug-likeness (QED) is 0.692. The van der Waals surface area contributed by atoms with Crippen molar-refractivity contribution >= 4 is 27.5 Å². The van der Waals surface area contributed by atoms with Crippen LogP contribution in [0.3, 0.4) is 0 Å². The molecule has 1 heterocycles. The van der Waals surface area contributed by atoms with E-state index >= 15 is 0 Å². The lowest BCUT2D eigenvalue weighted by molar-refractivity contribution is -0.123. The van der Waals surface area contributed by atoms with E-state index in [0.29, 0.717) is 25.3 Å². The van der Waals surface area contributed by atoms with Gasteiger partial charge in [0.15, 0.2) is 0 Å². The molecule has 1 aliphatic heterocycles. The third kappa shape index (κ3) is 3.08. The first-order chi connectivity index (χ1) is 7.01. The van der Waals surface area contributed by atoms with Crippen molar-refractivity contribution < 1.29 is 13.2 Å². The molecule has 0 spiro atoms. The van der Waals surface area contributed by atoms with Gasteiger partial charge in [0.25, 0.3) is 0 Å². The molecule has 0 saturated carbocycles. The summed E-state index contributed by atoms with van der Waals surface area (Å²) in [6, 6.07) is 0. The first kappa shape index (κ1) is 12.8. The molecule has 0 aromatic rings. The van der Waals surface area contributed by atoms with Crippen LogP contribution in [-0.4, -0.2) is 36.8 Å². The Kier molecular flexibility index (Phi) is 4.40. The Morgan fingerprint density at radius 1 is 1.53 bits per heavy atom. The number of carbonyl (C=O) groups excluding carboxylic acids is 1. The Morgan fingerprint density at radius 2 is 2.20 bits per heavy atom. The topological polar surface area (TPSA) is 54.5 Å². The van der Waals surface area contributed by atoms with Crippen LogP contribution >= 0.6 is 11.6 Å². The molecule has 15 heavy (non-hydrogen) atoms. The zero-order valence-corrected chi connectivity index (χ0v) is 10.4. The predicted molar refractivity (Wildman–Crippen MR) is 59.2 cm³/mol. The number of carbonyl (C=O) groups is 1. The third-order valence-electron chi connectivity index (χ3n) is 2.61. The summed E-state index contributed by atoms with van der Waals surface area (Å²) in [6.45, 7) is 2.31. The molecule has 0 radical (unpaired) electrons. The second-order valence-electron chi connectivity index (χ2n) is 3.76. The van der Waals surface area contributed by atoms with Gasteiger partial charge >= 0.3 is 0 Å². The fourth-order valence-electron chi connectivity index (χ4n) is 1.64. The van der Waals surface area contributed by atoms with Crippen LogP contribution in [0.15, 0.2) is 0 Å². The fourth-order valence-corrected chi connectivity index (χ4v) is 3.48. The van der Waals surface area contributed by atoms with Gasteiger partial charge in [-0.2, -0.15) is 0 Å². The largest absolute Gasteiger partial charge is 0.274 e. The van der Waals surface area contributed by atoms with Crippen molar-refractivity contribution in [2.45, 2.75) is 26.2 Å². The maximum Gasteiger partial charge on any atom is 0.237 e. The smallest absolute Gasteiger partial charge is 0.237 e. The van der Waals surface area contributed by atoms with Gasteiger partial charge in [0, 0.05) is 18.8 Å². The number of amides is 1. The molecule has 0 aromatic carbocycles. The third-order valence-corrected chi connectivity index (χ3v) is 4.71. The molecule has 0 aliphatic carbocycles. The van der Waals surface area contributed by atoms with E-state index in [1.165, 1.54) is 0 Å². The summed E-state index contributed by atoms with van der Waals surface area (Å²) in [6.07, 6.45) is 1.59. The maximum atomic E-state index is 11.7. The van der Waals surface area contributed by atoms with Crippen LogP contribution in [0.2, 0.25) is 0 Å². The molecule has 88 valence electrons. The van der Waals surface area contributed by atoms with Crippen LogP contribution in [-0.2, 0) is 14.8 Å². The average molecular weight is 254 g/mol. The molecule has 1 rings (SSSR count). The van der Waals surface area contributed by atoms with Crippen molar-refractivity contribution in [1.29, 1.82) is 0 Å². The molecule has 6 heteroatoms. The molecule has 1 amide bonds. The van der Waals surface area contributed by atoms with Gasteiger partial charge in [-0.1, -0.05) is 13.3 Å². The number of nitrogens with zero attached hydrogens (tertiary/aromatic N) is 1. The number of rotatable bonds is 5. The Bertz CT molecular complexity index is 328. The molecule has 0 N–H and O–H groups in total. The monoisotopic (exact) mass is 253 g/mol. The maximum absolute atomic E-state index is 11.7. The highest BCUT2D eigenvalue weighted by Crippen LogP contribution is 2.23. The lowest BCUT2D eigenvalue weighted by Gasteiger charge is -2.16. The second kappa shape index (κ2) is 5.16. The van der Waals surface area contributed by atoms with Crippen LogP contribution in [0.25, 0.3) is 0 Å². The van der Waals surface area contributed by atoms with Crippen molar-refractivity contribution in [1.82, 2.24) is 4.31 Å². The van der Waals surface area contributed by atoms with Gasteiger partial charge in [-0.3, -0.25) is 4.79 Å². The minimum atomic E-state index is -3.41. The van der Waals surface area contributed by atoms with Crippen molar-refractivity contribution in [2.24, 2.45) is 5.92 Å². The van der Waals surface area contributed by atoms with Gasteiger partial charge < -0.3 is 0 Å². The van der Waals surface area contributed by atoms with Gasteiger partial charge in [0.05, 0.1) is 5.75 Å². The number of hydrogen-bond acceptors (Lipinski definition) is 3. The lowest BCUT2D eigenvalue weighted by Crippen LogP contribution is -2.34. The number of alkyl halides is 1. The van der Waals surface area contributed by atoms with Crippen LogP contribution in [0.1, 0.15) is 26.2 Å². The van der Waals surface area contributed by atoms with Crippen LogP contribution < -0.4 is 0 Å². The summed E-state index contributed by atoms with van der Waals surface area (Å²) in [7, 11) is -3.41. The molecule has 0 aromatic heterocycles. The van der Waals surface area contributed by atoms with Gasteiger partial charge in [0.1, 0.15) is 0 Å². The Labute approximate surface area is 95.6 Å². The van der Waals surface area contributed by atoms with Gasteiger partial charge in [-0.15, -0.1) is 11.6 Å². The zero-order chi connectivity index (χ0) is 11.5. The molecule has 0 bridgehead atoms. The molecule has 1 aliphatic rings. The van der Waals surface area contributed by atoms with E-state index in [1.807, 2.05) is 6.92 Å². The SMILES string of the molecule is CCC1CC(=O)N(S(=O)(=O)CCCCl)C1. The van der Waals surface area contributed by atoms with Crippen LogP contribution in [0.5, 0.6) is 0 Å². The number of sulfonamides is 1. The second-order valence-corrected chi connectivity index (χ2v) is 6.15. The summed E-state index contributed by atoms with van der Waals surface area (Å²) in [5.41, 5.74) is 0. The molecule has 1 unspecified atom stereocenters. The molecular weight excluding hydrogens is 238 g/mol. The molecular formula is C9H16ClNO3S. The first-order valence-electron chi connectivity index (χ1n) is 5.10. The summed E-state index contributed by atoms with van der Waals surface area (Å²) in [5.74, 6) is 0.191. The summed E-state index contributed by atoms with van der Waals surface area (Å²) >= 11 is 5.44. The highest BCUT2D eigenvalue weighted by Gasteiger charge is 2.35. The standard InChI is InChI=1S/C9H16ClNO3S/c1-2-8-6-9(12)11(7-8)15(13,14)5-3-4-10/h8H,2-7H2,1H3. The number of halogens is 1. The highest BCUT2D eigenvalue weighted by molar-refractivity contribution is 7.89. The van der Waals surface area contributed by atoms with Gasteiger partial charge in [-0.05, 0) is 12.3 Å². The highest BCUT2D eigenvalue weighted by atomic mass is 35.5. The molecule has 1 fully saturated rings. The van der Waals surface area contributed by atoms with Crippen molar-refractivity contribution in [3.63, 3.8) is 0 Å². The first-order valence-corrected chi connectivity index (χ1v) is 7.24. The fraction of sp³-hybridized carbons (Fsp3) is 0.889. The molecule has 1 saturated heterocycles. The van der Waals surface area contributed by atoms with E-state index in [-0.39, 0.29) is 17.6 Å². The summed E-state index contributed by atoms with van der Waals surface area (Å²) in [4.78, 5) is 11.5. The molecule has 4 nitrogen and oxygen atoms in total. The van der Waals surface area contributed by atoms with Gasteiger partial charge in [-0.25, -0.2) is 12.7 Å². The van der Waals surface area contributed by atoms with E-state index < -0.39 is 10.0 Å². The predicted octanol–water partition coefficient (Wildman–Crippen LogP) is 1.20. The minimum absolute atomic E-state index is 0.0291. The Morgan fingerprint density at radius 3 is 2.67 bits per heavy atom. The average Bonchev–Trinajstić information content (AvgIpc) is 2.57.